The quantitative estimate of drug-likeness (QED) is 0.723. The molecule has 5 nitrogen and oxygen atoms in total. The van der Waals surface area contributed by atoms with Crippen LogP contribution in [0.4, 0.5) is 5.82 Å². The van der Waals surface area contributed by atoms with E-state index in [1.54, 1.807) is 14.0 Å². The van der Waals surface area contributed by atoms with Gasteiger partial charge in [0.05, 0.1) is 6.04 Å². The van der Waals surface area contributed by atoms with Crippen LogP contribution in [0, 0.1) is 0 Å². The highest BCUT2D eigenvalue weighted by molar-refractivity contribution is 5.93. The Kier molecular flexibility index (Phi) is 3.70. The van der Waals surface area contributed by atoms with E-state index in [0.29, 0.717) is 5.82 Å². The van der Waals surface area contributed by atoms with Crippen LogP contribution in [0.3, 0.4) is 0 Å². The Labute approximate surface area is 96.0 Å². The van der Waals surface area contributed by atoms with Crippen molar-refractivity contribution in [1.82, 2.24) is 15.5 Å². The number of H-pyrrole nitrogens is 1. The molecule has 0 aliphatic heterocycles. The number of anilines is 1. The second-order valence-corrected chi connectivity index (χ2v) is 4.92. The van der Waals surface area contributed by atoms with E-state index in [1.165, 1.54) is 0 Å². The molecule has 1 aromatic rings. The Bertz CT molecular complexity index is 364. The molecule has 0 fully saturated rings. The fraction of sp³-hybridized carbons (Fsp3) is 0.636. The molecular formula is C11H20N4O. The van der Waals surface area contributed by atoms with E-state index < -0.39 is 0 Å². The number of hydrogen-bond donors (Lipinski definition) is 3. The van der Waals surface area contributed by atoms with Gasteiger partial charge >= 0.3 is 0 Å². The van der Waals surface area contributed by atoms with Crippen LogP contribution in [0.5, 0.6) is 0 Å². The number of likely N-dealkylation sites (N-methyl/N-ethyl adjacent to an activating group) is 1. The van der Waals surface area contributed by atoms with E-state index in [9.17, 15) is 4.79 Å². The van der Waals surface area contributed by atoms with E-state index in [1.807, 2.05) is 6.07 Å². The minimum absolute atomic E-state index is 0.00456. The maximum atomic E-state index is 11.6. The SMILES string of the molecule is CNC(C)C(=O)Nc1cc(C(C)(C)C)[nH]n1. The van der Waals surface area contributed by atoms with E-state index in [2.05, 4.69) is 41.6 Å². The molecule has 90 valence electrons. The smallest absolute Gasteiger partial charge is 0.242 e. The van der Waals surface area contributed by atoms with Crippen molar-refractivity contribution >= 4 is 11.7 Å². The zero-order chi connectivity index (χ0) is 12.3. The largest absolute Gasteiger partial charge is 0.309 e. The minimum Gasteiger partial charge on any atom is -0.309 e. The molecule has 1 heterocycles. The first-order valence-corrected chi connectivity index (χ1v) is 5.38. The summed E-state index contributed by atoms with van der Waals surface area (Å²) in [5.74, 6) is 0.478. The molecule has 0 bridgehead atoms. The lowest BCUT2D eigenvalue weighted by Gasteiger charge is -2.14. The summed E-state index contributed by atoms with van der Waals surface area (Å²) in [5, 5.41) is 12.6. The highest BCUT2D eigenvalue weighted by Gasteiger charge is 2.18. The molecule has 3 N–H and O–H groups in total. The second-order valence-electron chi connectivity index (χ2n) is 4.92. The van der Waals surface area contributed by atoms with Gasteiger partial charge in [0.2, 0.25) is 5.91 Å². The predicted octanol–water partition coefficient (Wildman–Crippen LogP) is 1.25. The van der Waals surface area contributed by atoms with Gasteiger partial charge < -0.3 is 10.6 Å². The fourth-order valence-electron chi connectivity index (χ4n) is 1.14. The highest BCUT2D eigenvalue weighted by Crippen LogP contribution is 2.21. The van der Waals surface area contributed by atoms with Crippen LogP contribution in [0.1, 0.15) is 33.4 Å². The number of nitrogens with one attached hydrogen (secondary N) is 3. The molecule has 1 amide bonds. The van der Waals surface area contributed by atoms with Crippen LogP contribution >= 0.6 is 0 Å². The Balaban J connectivity index is 2.70. The predicted molar refractivity (Wildman–Crippen MR) is 64.4 cm³/mol. The maximum Gasteiger partial charge on any atom is 0.242 e. The highest BCUT2D eigenvalue weighted by atomic mass is 16.2. The van der Waals surface area contributed by atoms with Crippen molar-refractivity contribution < 1.29 is 4.79 Å². The number of carbonyl (C=O) groups excluding carboxylic acids is 1. The van der Waals surface area contributed by atoms with Gasteiger partial charge in [-0.05, 0) is 14.0 Å². The molecule has 1 atom stereocenters. The lowest BCUT2D eigenvalue weighted by molar-refractivity contribution is -0.117. The summed E-state index contributed by atoms with van der Waals surface area (Å²) >= 11 is 0. The van der Waals surface area contributed by atoms with Crippen LogP contribution < -0.4 is 10.6 Å². The van der Waals surface area contributed by atoms with Gasteiger partial charge in [-0.1, -0.05) is 20.8 Å². The summed E-state index contributed by atoms with van der Waals surface area (Å²) in [6, 6.07) is 1.63. The summed E-state index contributed by atoms with van der Waals surface area (Å²) in [5.41, 5.74) is 1.00. The van der Waals surface area contributed by atoms with Crippen molar-refractivity contribution in [3.8, 4) is 0 Å². The Morgan fingerprint density at radius 1 is 1.50 bits per heavy atom. The first-order chi connectivity index (χ1) is 7.34. The molecule has 0 spiro atoms. The number of aromatic amines is 1. The van der Waals surface area contributed by atoms with Gasteiger partial charge in [0.15, 0.2) is 5.82 Å². The lowest BCUT2D eigenvalue weighted by atomic mass is 9.92. The van der Waals surface area contributed by atoms with Crippen LogP contribution in [0.25, 0.3) is 0 Å². The number of nitrogens with zero attached hydrogens (tertiary/aromatic N) is 1. The molecule has 5 heteroatoms. The molecule has 0 aromatic carbocycles. The van der Waals surface area contributed by atoms with Gasteiger partial charge in [-0.25, -0.2) is 0 Å². The lowest BCUT2D eigenvalue weighted by Crippen LogP contribution is -2.35. The molecule has 1 rings (SSSR count). The van der Waals surface area contributed by atoms with Gasteiger partial charge in [-0.3, -0.25) is 9.89 Å². The fourth-order valence-corrected chi connectivity index (χ4v) is 1.14. The van der Waals surface area contributed by atoms with Gasteiger partial charge in [0.1, 0.15) is 0 Å². The number of carbonyl (C=O) groups is 1. The van der Waals surface area contributed by atoms with Crippen molar-refractivity contribution in [3.05, 3.63) is 11.8 Å². The Hall–Kier alpha value is -1.36. The van der Waals surface area contributed by atoms with E-state index in [4.69, 9.17) is 0 Å². The number of rotatable bonds is 3. The van der Waals surface area contributed by atoms with Crippen LogP contribution in [0.2, 0.25) is 0 Å². The molecule has 1 aromatic heterocycles. The molecular weight excluding hydrogens is 204 g/mol. The maximum absolute atomic E-state index is 11.6. The Morgan fingerprint density at radius 2 is 2.12 bits per heavy atom. The monoisotopic (exact) mass is 224 g/mol. The number of hydrogen-bond acceptors (Lipinski definition) is 3. The third-order valence-corrected chi connectivity index (χ3v) is 2.46. The average Bonchev–Trinajstić information content (AvgIpc) is 2.64. The summed E-state index contributed by atoms with van der Waals surface area (Å²) in [7, 11) is 1.75. The first-order valence-electron chi connectivity index (χ1n) is 5.38. The van der Waals surface area contributed by atoms with E-state index in [-0.39, 0.29) is 17.4 Å². The van der Waals surface area contributed by atoms with Crippen LogP contribution in [-0.2, 0) is 10.2 Å². The average molecular weight is 224 g/mol. The molecule has 0 radical (unpaired) electrons. The van der Waals surface area contributed by atoms with Crippen molar-refractivity contribution in [1.29, 1.82) is 0 Å². The third-order valence-electron chi connectivity index (χ3n) is 2.46. The second kappa shape index (κ2) is 4.65. The van der Waals surface area contributed by atoms with Crippen molar-refractivity contribution in [3.63, 3.8) is 0 Å². The zero-order valence-corrected chi connectivity index (χ0v) is 10.5. The number of aromatic nitrogens is 2. The molecule has 1 unspecified atom stereocenters. The summed E-state index contributed by atoms with van der Waals surface area (Å²) in [4.78, 5) is 11.6. The molecule has 0 saturated carbocycles. The molecule has 0 aliphatic rings. The summed E-state index contributed by atoms with van der Waals surface area (Å²) in [6.07, 6.45) is 0. The Morgan fingerprint density at radius 3 is 2.56 bits per heavy atom. The van der Waals surface area contributed by atoms with Gasteiger partial charge in [0.25, 0.3) is 0 Å². The third kappa shape index (κ3) is 3.06. The van der Waals surface area contributed by atoms with Gasteiger partial charge in [-0.2, -0.15) is 5.10 Å². The normalized spacial score (nSPS) is 13.6. The number of amides is 1. The minimum atomic E-state index is -0.227. The van der Waals surface area contributed by atoms with Crippen molar-refractivity contribution in [2.45, 2.75) is 39.2 Å². The standard InChI is InChI=1S/C11H20N4O/c1-7(12-5)10(16)13-9-6-8(14-15-9)11(2,3)4/h6-7,12H,1-5H3,(H2,13,14,15,16). The molecule has 16 heavy (non-hydrogen) atoms. The van der Waals surface area contributed by atoms with E-state index in [0.717, 1.165) is 5.69 Å². The summed E-state index contributed by atoms with van der Waals surface area (Å²) in [6.45, 7) is 8.06. The first kappa shape index (κ1) is 12.7. The van der Waals surface area contributed by atoms with E-state index >= 15 is 0 Å². The topological polar surface area (TPSA) is 69.8 Å². The zero-order valence-electron chi connectivity index (χ0n) is 10.5. The van der Waals surface area contributed by atoms with Gasteiger partial charge in [0, 0.05) is 17.2 Å². The van der Waals surface area contributed by atoms with Crippen molar-refractivity contribution in [2.24, 2.45) is 0 Å². The van der Waals surface area contributed by atoms with Gasteiger partial charge in [-0.15, -0.1) is 0 Å². The molecule has 0 aliphatic carbocycles. The van der Waals surface area contributed by atoms with Crippen molar-refractivity contribution in [2.75, 3.05) is 12.4 Å². The summed E-state index contributed by atoms with van der Waals surface area (Å²) < 4.78 is 0. The van der Waals surface area contributed by atoms with Crippen LogP contribution in [0.15, 0.2) is 6.07 Å². The molecule has 0 saturated heterocycles. The van der Waals surface area contributed by atoms with Crippen LogP contribution in [-0.4, -0.2) is 29.2 Å².